The summed E-state index contributed by atoms with van der Waals surface area (Å²) in [7, 11) is 0. The van der Waals surface area contributed by atoms with E-state index in [-0.39, 0.29) is 28.5 Å². The van der Waals surface area contributed by atoms with Gasteiger partial charge in [0, 0.05) is 6.07 Å². The highest BCUT2D eigenvalue weighted by molar-refractivity contribution is 6.30. The number of pyridine rings is 1. The van der Waals surface area contributed by atoms with Gasteiger partial charge in [-0.15, -0.1) is 0 Å². The van der Waals surface area contributed by atoms with Crippen molar-refractivity contribution >= 4 is 17.3 Å². The van der Waals surface area contributed by atoms with Gasteiger partial charge in [0.2, 0.25) is 0 Å². The van der Waals surface area contributed by atoms with Crippen molar-refractivity contribution in [1.82, 2.24) is 4.98 Å². The molecule has 0 aliphatic heterocycles. The van der Waals surface area contributed by atoms with Crippen LogP contribution in [0.2, 0.25) is 5.15 Å². The summed E-state index contributed by atoms with van der Waals surface area (Å²) >= 11 is 5.77. The molecule has 1 aromatic heterocycles. The molecule has 0 amide bonds. The third-order valence-corrected chi connectivity index (χ3v) is 2.02. The van der Waals surface area contributed by atoms with Crippen LogP contribution in [0.3, 0.4) is 0 Å². The zero-order valence-corrected chi connectivity index (χ0v) is 9.08. The lowest BCUT2D eigenvalue weighted by Gasteiger charge is -1.99. The van der Waals surface area contributed by atoms with Gasteiger partial charge >= 0.3 is 0 Å². The molecule has 1 rings (SSSR count). The molecule has 80 valence electrons. The fourth-order valence-corrected chi connectivity index (χ4v) is 1.25. The van der Waals surface area contributed by atoms with Crippen LogP contribution in [0, 0.1) is 40.2 Å². The highest BCUT2D eigenvalue weighted by atomic mass is 35.5. The summed E-state index contributed by atoms with van der Waals surface area (Å²) in [6.07, 6.45) is 0.0397. The van der Waals surface area contributed by atoms with Crippen LogP contribution in [0.1, 0.15) is 17.7 Å². The largest absolute Gasteiger partial charge is 0.291 e. The second kappa shape index (κ2) is 5.11. The first kappa shape index (κ1) is 12.0. The molecule has 0 aliphatic rings. The molecule has 0 aliphatic carbocycles. The molecule has 0 unspecified atom stereocenters. The van der Waals surface area contributed by atoms with Gasteiger partial charge in [-0.1, -0.05) is 23.4 Å². The summed E-state index contributed by atoms with van der Waals surface area (Å²) in [4.78, 5) is 13.9. The SMILES string of the molecule is Cc1nc(Cl)c(C#CCC#N)cc1[N+](=O)[O-]. The molecule has 1 aromatic rings. The molecule has 6 heteroatoms. The van der Waals surface area contributed by atoms with E-state index in [0.29, 0.717) is 0 Å². The van der Waals surface area contributed by atoms with Gasteiger partial charge in [0.05, 0.1) is 23.0 Å². The van der Waals surface area contributed by atoms with Crippen LogP contribution < -0.4 is 0 Å². The third-order valence-electron chi connectivity index (χ3n) is 1.73. The minimum absolute atomic E-state index is 0.0397. The molecule has 1 heterocycles. The zero-order chi connectivity index (χ0) is 12.1. The van der Waals surface area contributed by atoms with Crippen molar-refractivity contribution in [2.24, 2.45) is 0 Å². The molecule has 0 fully saturated rings. The second-order valence-corrected chi connectivity index (χ2v) is 3.18. The average Bonchev–Trinajstić information content (AvgIpc) is 2.21. The molecule has 16 heavy (non-hydrogen) atoms. The maximum absolute atomic E-state index is 10.6. The van der Waals surface area contributed by atoms with Gasteiger partial charge in [0.1, 0.15) is 10.8 Å². The number of aromatic nitrogens is 1. The zero-order valence-electron chi connectivity index (χ0n) is 8.32. The Kier molecular flexibility index (Phi) is 3.82. The van der Waals surface area contributed by atoms with Crippen molar-refractivity contribution in [2.75, 3.05) is 0 Å². The fraction of sp³-hybridized carbons (Fsp3) is 0.200. The van der Waals surface area contributed by atoms with E-state index in [1.54, 1.807) is 0 Å². The molecular weight excluding hydrogens is 230 g/mol. The van der Waals surface area contributed by atoms with Gasteiger partial charge in [-0.3, -0.25) is 10.1 Å². The lowest BCUT2D eigenvalue weighted by molar-refractivity contribution is -0.385. The molecule has 0 N–H and O–H groups in total. The van der Waals surface area contributed by atoms with Gasteiger partial charge < -0.3 is 0 Å². The lowest BCUT2D eigenvalue weighted by Crippen LogP contribution is -1.96. The average molecular weight is 236 g/mol. The minimum Gasteiger partial charge on any atom is -0.258 e. The molecular formula is C10H6ClN3O2. The van der Waals surface area contributed by atoms with Crippen LogP contribution in [0.5, 0.6) is 0 Å². The Morgan fingerprint density at radius 3 is 2.94 bits per heavy atom. The summed E-state index contributed by atoms with van der Waals surface area (Å²) < 4.78 is 0. The van der Waals surface area contributed by atoms with Crippen molar-refractivity contribution in [2.45, 2.75) is 13.3 Å². The highest BCUT2D eigenvalue weighted by Crippen LogP contribution is 2.22. The maximum atomic E-state index is 10.6. The van der Waals surface area contributed by atoms with Crippen LogP contribution in [-0.2, 0) is 0 Å². The molecule has 0 saturated heterocycles. The Hall–Kier alpha value is -2.11. The minimum atomic E-state index is -0.547. The first-order chi connectivity index (χ1) is 7.56. The summed E-state index contributed by atoms with van der Waals surface area (Å²) in [5.41, 5.74) is 0.362. The highest BCUT2D eigenvalue weighted by Gasteiger charge is 2.14. The van der Waals surface area contributed by atoms with Crippen LogP contribution in [-0.4, -0.2) is 9.91 Å². The molecule has 0 aromatic carbocycles. The Balaban J connectivity index is 3.22. The van der Waals surface area contributed by atoms with E-state index in [1.165, 1.54) is 13.0 Å². The number of aryl methyl sites for hydroxylation is 1. The van der Waals surface area contributed by atoms with Gasteiger partial charge in [0.15, 0.2) is 0 Å². The van der Waals surface area contributed by atoms with Crippen LogP contribution in [0.15, 0.2) is 6.07 Å². The smallest absolute Gasteiger partial charge is 0.258 e. The molecule has 0 bridgehead atoms. The number of rotatable bonds is 1. The van der Waals surface area contributed by atoms with E-state index in [2.05, 4.69) is 16.8 Å². The predicted octanol–water partition coefficient (Wildman–Crippen LogP) is 2.22. The number of hydrogen-bond acceptors (Lipinski definition) is 4. The molecule has 5 nitrogen and oxygen atoms in total. The number of nitro groups is 1. The first-order valence-electron chi connectivity index (χ1n) is 4.23. The van der Waals surface area contributed by atoms with Gasteiger partial charge in [0.25, 0.3) is 5.69 Å². The number of halogens is 1. The van der Waals surface area contributed by atoms with E-state index in [9.17, 15) is 10.1 Å². The van der Waals surface area contributed by atoms with E-state index >= 15 is 0 Å². The second-order valence-electron chi connectivity index (χ2n) is 2.83. The molecule has 0 saturated carbocycles. The van der Waals surface area contributed by atoms with Gasteiger partial charge in [-0.2, -0.15) is 5.26 Å². The Morgan fingerprint density at radius 2 is 2.38 bits per heavy atom. The van der Waals surface area contributed by atoms with Crippen molar-refractivity contribution in [1.29, 1.82) is 5.26 Å². The van der Waals surface area contributed by atoms with Gasteiger partial charge in [-0.05, 0) is 6.92 Å². The molecule has 0 spiro atoms. The first-order valence-corrected chi connectivity index (χ1v) is 4.61. The summed E-state index contributed by atoms with van der Waals surface area (Å²) in [6, 6.07) is 3.09. The monoisotopic (exact) mass is 235 g/mol. The Bertz CT molecular complexity index is 537. The third kappa shape index (κ3) is 2.69. The van der Waals surface area contributed by atoms with E-state index in [4.69, 9.17) is 16.9 Å². The quantitative estimate of drug-likeness (QED) is 0.324. The number of hydrogen-bond donors (Lipinski definition) is 0. The van der Waals surface area contributed by atoms with Gasteiger partial charge in [-0.25, -0.2) is 4.98 Å². The van der Waals surface area contributed by atoms with Crippen molar-refractivity contribution in [3.8, 4) is 17.9 Å². The number of nitriles is 1. The van der Waals surface area contributed by atoms with Crippen LogP contribution >= 0.6 is 11.6 Å². The van der Waals surface area contributed by atoms with Crippen molar-refractivity contribution in [3.05, 3.63) is 32.6 Å². The summed E-state index contributed by atoms with van der Waals surface area (Å²) in [5, 5.41) is 19.0. The standard InChI is InChI=1S/C10H6ClN3O2/c1-7-9(14(15)16)6-8(10(11)13-7)4-2-3-5-12/h6H,3H2,1H3. The van der Waals surface area contributed by atoms with E-state index < -0.39 is 4.92 Å². The van der Waals surface area contributed by atoms with Crippen molar-refractivity contribution < 1.29 is 4.92 Å². The summed E-state index contributed by atoms with van der Waals surface area (Å²) in [5.74, 6) is 5.08. The fourth-order valence-electron chi connectivity index (χ4n) is 1.02. The molecule has 0 radical (unpaired) electrons. The van der Waals surface area contributed by atoms with Crippen molar-refractivity contribution in [3.63, 3.8) is 0 Å². The molecule has 0 atom stereocenters. The maximum Gasteiger partial charge on any atom is 0.291 e. The Labute approximate surface area is 96.8 Å². The normalized spacial score (nSPS) is 8.81. The van der Waals surface area contributed by atoms with E-state index in [1.807, 2.05) is 6.07 Å². The van der Waals surface area contributed by atoms with Crippen LogP contribution in [0.25, 0.3) is 0 Å². The lowest BCUT2D eigenvalue weighted by atomic mass is 10.2. The topological polar surface area (TPSA) is 79.8 Å². The number of nitrogens with zero attached hydrogens (tertiary/aromatic N) is 3. The summed E-state index contributed by atoms with van der Waals surface area (Å²) in [6.45, 7) is 1.50. The van der Waals surface area contributed by atoms with Crippen LogP contribution in [0.4, 0.5) is 5.69 Å². The predicted molar refractivity (Wildman–Crippen MR) is 57.7 cm³/mol. The van der Waals surface area contributed by atoms with E-state index in [0.717, 1.165) is 0 Å². The Morgan fingerprint density at radius 1 is 1.69 bits per heavy atom.